The number of hydrogen-bond acceptors (Lipinski definition) is 2. The zero-order valence-corrected chi connectivity index (χ0v) is 10.3. The zero-order chi connectivity index (χ0) is 11.7. The highest BCUT2D eigenvalue weighted by atomic mass is 16.3. The fraction of sp³-hybridized carbons (Fsp3) is 0.917. The summed E-state index contributed by atoms with van der Waals surface area (Å²) >= 11 is 0. The van der Waals surface area contributed by atoms with Crippen LogP contribution in [-0.2, 0) is 4.79 Å². The average Bonchev–Trinajstić information content (AvgIpc) is 2.14. The van der Waals surface area contributed by atoms with Crippen LogP contribution in [0.5, 0.6) is 0 Å². The van der Waals surface area contributed by atoms with Crippen LogP contribution in [-0.4, -0.2) is 23.2 Å². The van der Waals surface area contributed by atoms with Crippen LogP contribution in [0.3, 0.4) is 0 Å². The van der Waals surface area contributed by atoms with E-state index in [1.807, 2.05) is 0 Å². The smallest absolute Gasteiger partial charge is 0.251 e. The van der Waals surface area contributed by atoms with E-state index in [0.717, 1.165) is 12.8 Å². The van der Waals surface area contributed by atoms with Crippen molar-refractivity contribution in [2.75, 3.05) is 6.54 Å². The molecule has 0 fully saturated rings. The molecule has 0 aromatic heterocycles. The summed E-state index contributed by atoms with van der Waals surface area (Å²) in [5, 5.41) is 12.1. The molecule has 0 atom stereocenters. The Balaban J connectivity index is 3.28. The highest BCUT2D eigenvalue weighted by Crippen LogP contribution is 2.05. The van der Waals surface area contributed by atoms with Gasteiger partial charge in [-0.2, -0.15) is 0 Å². The number of aliphatic hydroxyl groups is 1. The van der Waals surface area contributed by atoms with Gasteiger partial charge in [-0.25, -0.2) is 0 Å². The van der Waals surface area contributed by atoms with Crippen molar-refractivity contribution in [2.24, 2.45) is 0 Å². The lowest BCUT2D eigenvalue weighted by molar-refractivity contribution is -0.136. The van der Waals surface area contributed by atoms with Crippen molar-refractivity contribution in [1.29, 1.82) is 0 Å². The lowest BCUT2D eigenvalue weighted by Crippen LogP contribution is -2.42. The standard InChI is InChI=1S/C12H25NO2/c1-4-5-6-7-8-9-10-13-11(14)12(2,3)15/h15H,4-10H2,1-3H3,(H,13,14). The molecule has 0 bridgehead atoms. The number of nitrogens with one attached hydrogen (secondary N) is 1. The first-order valence-corrected chi connectivity index (χ1v) is 5.99. The predicted octanol–water partition coefficient (Wildman–Crippen LogP) is 2.23. The van der Waals surface area contributed by atoms with E-state index in [0.29, 0.717) is 6.54 Å². The fourth-order valence-electron chi connectivity index (χ4n) is 1.32. The molecule has 0 spiro atoms. The van der Waals surface area contributed by atoms with Gasteiger partial charge < -0.3 is 10.4 Å². The molecular formula is C12H25NO2. The first-order chi connectivity index (χ1) is 6.98. The third kappa shape index (κ3) is 8.43. The molecule has 0 saturated heterocycles. The first-order valence-electron chi connectivity index (χ1n) is 5.99. The summed E-state index contributed by atoms with van der Waals surface area (Å²) in [4.78, 5) is 11.2. The van der Waals surface area contributed by atoms with Gasteiger partial charge in [0.15, 0.2) is 0 Å². The molecule has 0 aromatic rings. The van der Waals surface area contributed by atoms with Crippen molar-refractivity contribution < 1.29 is 9.90 Å². The van der Waals surface area contributed by atoms with Gasteiger partial charge in [0.05, 0.1) is 0 Å². The molecule has 1 amide bonds. The van der Waals surface area contributed by atoms with Crippen LogP contribution in [0, 0.1) is 0 Å². The van der Waals surface area contributed by atoms with Gasteiger partial charge in [0, 0.05) is 6.54 Å². The van der Waals surface area contributed by atoms with Crippen LogP contribution in [0.2, 0.25) is 0 Å². The van der Waals surface area contributed by atoms with Crippen molar-refractivity contribution in [2.45, 2.75) is 64.9 Å². The predicted molar refractivity (Wildman–Crippen MR) is 62.7 cm³/mol. The maximum Gasteiger partial charge on any atom is 0.251 e. The van der Waals surface area contributed by atoms with Crippen LogP contribution >= 0.6 is 0 Å². The molecule has 0 heterocycles. The molecule has 0 aliphatic rings. The topological polar surface area (TPSA) is 49.3 Å². The second-order valence-electron chi connectivity index (χ2n) is 4.58. The summed E-state index contributed by atoms with van der Waals surface area (Å²) in [6.45, 7) is 5.88. The Hall–Kier alpha value is -0.570. The zero-order valence-electron chi connectivity index (χ0n) is 10.3. The minimum atomic E-state index is -1.25. The average molecular weight is 215 g/mol. The molecule has 0 rings (SSSR count). The molecule has 0 unspecified atom stereocenters. The van der Waals surface area contributed by atoms with E-state index in [2.05, 4.69) is 12.2 Å². The van der Waals surface area contributed by atoms with E-state index in [9.17, 15) is 9.90 Å². The highest BCUT2D eigenvalue weighted by Gasteiger charge is 2.22. The van der Waals surface area contributed by atoms with Gasteiger partial charge >= 0.3 is 0 Å². The maximum atomic E-state index is 11.2. The maximum absolute atomic E-state index is 11.2. The van der Waals surface area contributed by atoms with Crippen LogP contribution in [0.1, 0.15) is 59.3 Å². The van der Waals surface area contributed by atoms with Gasteiger partial charge in [-0.15, -0.1) is 0 Å². The Morgan fingerprint density at radius 3 is 2.20 bits per heavy atom. The monoisotopic (exact) mass is 215 g/mol. The van der Waals surface area contributed by atoms with E-state index >= 15 is 0 Å². The summed E-state index contributed by atoms with van der Waals surface area (Å²) in [6, 6.07) is 0. The molecule has 3 nitrogen and oxygen atoms in total. The molecule has 15 heavy (non-hydrogen) atoms. The quantitative estimate of drug-likeness (QED) is 0.610. The molecule has 0 radical (unpaired) electrons. The van der Waals surface area contributed by atoms with Gasteiger partial charge in [-0.1, -0.05) is 39.0 Å². The van der Waals surface area contributed by atoms with Crippen molar-refractivity contribution in [1.82, 2.24) is 5.32 Å². The molecule has 0 saturated carbocycles. The van der Waals surface area contributed by atoms with E-state index in [4.69, 9.17) is 0 Å². The summed E-state index contributed by atoms with van der Waals surface area (Å²) in [5.41, 5.74) is -1.25. The Morgan fingerprint density at radius 1 is 1.13 bits per heavy atom. The van der Waals surface area contributed by atoms with Gasteiger partial charge in [0.25, 0.3) is 5.91 Å². The van der Waals surface area contributed by atoms with Crippen LogP contribution < -0.4 is 5.32 Å². The Morgan fingerprint density at radius 2 is 1.67 bits per heavy atom. The number of carbonyl (C=O) groups is 1. The lowest BCUT2D eigenvalue weighted by atomic mass is 10.1. The second-order valence-corrected chi connectivity index (χ2v) is 4.58. The second kappa shape index (κ2) is 7.69. The molecule has 0 aromatic carbocycles. The summed E-state index contributed by atoms with van der Waals surface area (Å²) in [6.07, 6.45) is 7.26. The molecule has 0 aliphatic heterocycles. The minimum absolute atomic E-state index is 0.281. The lowest BCUT2D eigenvalue weighted by Gasteiger charge is -2.16. The number of unbranched alkanes of at least 4 members (excludes halogenated alkanes) is 5. The number of hydrogen-bond donors (Lipinski definition) is 2. The van der Waals surface area contributed by atoms with Gasteiger partial charge in [-0.05, 0) is 20.3 Å². The number of carbonyl (C=O) groups excluding carboxylic acids is 1. The normalized spacial score (nSPS) is 11.5. The number of amides is 1. The van der Waals surface area contributed by atoms with E-state index in [-0.39, 0.29) is 5.91 Å². The van der Waals surface area contributed by atoms with Crippen LogP contribution in [0.25, 0.3) is 0 Å². The molecule has 0 aliphatic carbocycles. The van der Waals surface area contributed by atoms with Crippen LogP contribution in [0.15, 0.2) is 0 Å². The van der Waals surface area contributed by atoms with E-state index in [1.54, 1.807) is 0 Å². The molecule has 2 N–H and O–H groups in total. The van der Waals surface area contributed by atoms with Gasteiger partial charge in [0.2, 0.25) is 0 Å². The summed E-state index contributed by atoms with van der Waals surface area (Å²) in [7, 11) is 0. The third-order valence-corrected chi connectivity index (χ3v) is 2.37. The van der Waals surface area contributed by atoms with Crippen molar-refractivity contribution in [3.63, 3.8) is 0 Å². The number of rotatable bonds is 8. The van der Waals surface area contributed by atoms with Gasteiger partial charge in [0.1, 0.15) is 5.60 Å². The molecular weight excluding hydrogens is 190 g/mol. The van der Waals surface area contributed by atoms with Crippen molar-refractivity contribution in [3.8, 4) is 0 Å². The Labute approximate surface area is 93.3 Å². The molecule has 90 valence electrons. The largest absolute Gasteiger partial charge is 0.381 e. The van der Waals surface area contributed by atoms with E-state index in [1.165, 1.54) is 39.5 Å². The van der Waals surface area contributed by atoms with Crippen molar-refractivity contribution >= 4 is 5.91 Å². The SMILES string of the molecule is CCCCCCCCNC(=O)C(C)(C)O. The van der Waals surface area contributed by atoms with Crippen molar-refractivity contribution in [3.05, 3.63) is 0 Å². The summed E-state index contributed by atoms with van der Waals surface area (Å²) < 4.78 is 0. The Kier molecular flexibility index (Phi) is 7.39. The van der Waals surface area contributed by atoms with Gasteiger partial charge in [-0.3, -0.25) is 4.79 Å². The fourth-order valence-corrected chi connectivity index (χ4v) is 1.32. The Bertz CT molecular complexity index is 173. The molecule has 3 heteroatoms. The summed E-state index contributed by atoms with van der Waals surface area (Å²) in [5.74, 6) is -0.281. The third-order valence-electron chi connectivity index (χ3n) is 2.37. The first kappa shape index (κ1) is 14.4. The van der Waals surface area contributed by atoms with Crippen LogP contribution in [0.4, 0.5) is 0 Å². The van der Waals surface area contributed by atoms with E-state index < -0.39 is 5.60 Å². The minimum Gasteiger partial charge on any atom is -0.381 e. The highest BCUT2D eigenvalue weighted by molar-refractivity contribution is 5.83.